The van der Waals surface area contributed by atoms with Crippen LogP contribution in [0.25, 0.3) is 0 Å². The molecule has 3 rings (SSSR count). The molecule has 0 aromatic heterocycles. The van der Waals surface area contributed by atoms with Crippen LogP contribution in [0.4, 0.5) is 11.4 Å². The Kier molecular flexibility index (Phi) is 7.46. The van der Waals surface area contributed by atoms with Crippen LogP contribution in [0.2, 0.25) is 0 Å². The molecule has 27 heavy (non-hydrogen) atoms. The fourth-order valence-corrected chi connectivity index (χ4v) is 3.80. The maximum Gasteiger partial charge on any atom is 0.0926 e. The summed E-state index contributed by atoms with van der Waals surface area (Å²) in [7, 11) is 0. The highest BCUT2D eigenvalue weighted by Crippen LogP contribution is 2.25. The molecule has 0 bridgehead atoms. The Hall–Kier alpha value is -1.67. The molecule has 0 radical (unpaired) electrons. The molecule has 2 aliphatic rings. The Balaban J connectivity index is 1.29. The molecule has 0 spiro atoms. The number of rotatable bonds is 9. The van der Waals surface area contributed by atoms with E-state index in [0.717, 1.165) is 56.7 Å². The zero-order valence-electron chi connectivity index (χ0n) is 15.8. The smallest absolute Gasteiger partial charge is 0.0926 e. The molecule has 7 heteroatoms. The highest BCUT2D eigenvalue weighted by molar-refractivity contribution is 5.69. The van der Waals surface area contributed by atoms with Gasteiger partial charge in [0.1, 0.15) is 0 Å². The molecule has 1 aromatic rings. The quantitative estimate of drug-likeness (QED) is 0.416. The fraction of sp³-hybridized carbons (Fsp3) is 0.650. The van der Waals surface area contributed by atoms with Crippen molar-refractivity contribution < 1.29 is 15.3 Å². The van der Waals surface area contributed by atoms with E-state index in [0.29, 0.717) is 13.0 Å². The first-order valence-electron chi connectivity index (χ1n) is 10.0. The Morgan fingerprint density at radius 2 is 2.00 bits per heavy atom. The van der Waals surface area contributed by atoms with Crippen molar-refractivity contribution in [1.29, 1.82) is 0 Å². The second kappa shape index (κ2) is 10.0. The second-order valence-corrected chi connectivity index (χ2v) is 7.53. The number of fused-ring (bicyclic) bond motifs is 1. The summed E-state index contributed by atoms with van der Waals surface area (Å²) in [5, 5.41) is 35.6. The van der Waals surface area contributed by atoms with Crippen LogP contribution in [0, 0.1) is 0 Å². The summed E-state index contributed by atoms with van der Waals surface area (Å²) >= 11 is 0. The monoisotopic (exact) mass is 376 g/mol. The van der Waals surface area contributed by atoms with Gasteiger partial charge >= 0.3 is 0 Å². The van der Waals surface area contributed by atoms with Crippen molar-refractivity contribution in [1.82, 2.24) is 10.2 Å². The molecule has 3 atom stereocenters. The summed E-state index contributed by atoms with van der Waals surface area (Å²) < 4.78 is 0. The average Bonchev–Trinajstić information content (AvgIpc) is 2.69. The third-order valence-electron chi connectivity index (χ3n) is 5.48. The number of benzene rings is 1. The van der Waals surface area contributed by atoms with Gasteiger partial charge in [0.25, 0.3) is 0 Å². The lowest BCUT2D eigenvalue weighted by Crippen LogP contribution is -2.53. The lowest BCUT2D eigenvalue weighted by Gasteiger charge is -2.39. The molecular weight excluding hydrogens is 344 g/mol. The number of β-amino-alcohol motifs (C(OH)–C–C–N with tert-alkyl or cyclic N) is 1. The number of anilines is 1. The maximum atomic E-state index is 9.82. The Morgan fingerprint density at radius 3 is 2.85 bits per heavy atom. The summed E-state index contributed by atoms with van der Waals surface area (Å²) in [5.74, 6) is 0. The number of hydrogen-bond acceptors (Lipinski definition) is 7. The standard InChI is InChI=1S/C20H32N4O3/c25-13-17-10-19(26)20(27)12-24(17)8-4-2-1-3-7-22-16-6-5-15-11-21-14-23-18(15)9-16/h5-6,9,14,17,19-20,22,25-27H,1-4,7-8,10-13H2,(H,21,23)/t17-,19-,20?/m0/s1. The van der Waals surface area contributed by atoms with Crippen LogP contribution in [0.5, 0.6) is 0 Å². The molecule has 150 valence electrons. The van der Waals surface area contributed by atoms with Gasteiger partial charge in [-0.05, 0) is 43.5 Å². The van der Waals surface area contributed by atoms with E-state index in [-0.39, 0.29) is 12.6 Å². The Bertz CT molecular complexity index is 625. The SMILES string of the molecule is OC[C@@H]1C[C@H](O)C(O)CN1CCCCCCNc1ccc2c(c1)N=CNC2. The minimum atomic E-state index is -0.713. The molecule has 0 saturated carbocycles. The van der Waals surface area contributed by atoms with Crippen molar-refractivity contribution in [2.24, 2.45) is 4.99 Å². The summed E-state index contributed by atoms with van der Waals surface area (Å²) in [6.07, 6.45) is 5.19. The van der Waals surface area contributed by atoms with Gasteiger partial charge in [0.2, 0.25) is 0 Å². The normalized spacial score (nSPS) is 25.1. The van der Waals surface area contributed by atoms with Crippen molar-refractivity contribution in [3.05, 3.63) is 23.8 Å². The van der Waals surface area contributed by atoms with E-state index in [1.54, 1.807) is 6.34 Å². The summed E-state index contributed by atoms with van der Waals surface area (Å²) in [4.78, 5) is 6.47. The number of nitrogens with one attached hydrogen (secondary N) is 2. The number of unbranched alkanes of at least 4 members (excludes halogenated alkanes) is 3. The first-order chi connectivity index (χ1) is 13.2. The summed E-state index contributed by atoms with van der Waals surface area (Å²) in [6.45, 7) is 3.12. The van der Waals surface area contributed by atoms with Gasteiger partial charge < -0.3 is 26.0 Å². The predicted octanol–water partition coefficient (Wildman–Crippen LogP) is 1.21. The molecule has 7 nitrogen and oxygen atoms in total. The fourth-order valence-electron chi connectivity index (χ4n) is 3.80. The van der Waals surface area contributed by atoms with E-state index in [1.165, 1.54) is 5.56 Å². The maximum absolute atomic E-state index is 9.82. The number of piperidine rings is 1. The van der Waals surface area contributed by atoms with E-state index in [1.807, 2.05) is 0 Å². The number of likely N-dealkylation sites (tertiary alicyclic amines) is 1. The number of nitrogens with zero attached hydrogens (tertiary/aromatic N) is 2. The van der Waals surface area contributed by atoms with E-state index in [9.17, 15) is 15.3 Å². The molecule has 2 aliphatic heterocycles. The lowest BCUT2D eigenvalue weighted by molar-refractivity contribution is -0.0710. The van der Waals surface area contributed by atoms with Gasteiger partial charge in [-0.2, -0.15) is 0 Å². The van der Waals surface area contributed by atoms with Crippen LogP contribution in [-0.4, -0.2) is 71.0 Å². The highest BCUT2D eigenvalue weighted by atomic mass is 16.3. The number of aliphatic hydroxyl groups excluding tert-OH is 3. The third-order valence-corrected chi connectivity index (χ3v) is 5.48. The van der Waals surface area contributed by atoms with Crippen LogP contribution in [0.15, 0.2) is 23.2 Å². The van der Waals surface area contributed by atoms with Crippen molar-refractivity contribution in [2.75, 3.05) is 31.6 Å². The molecule has 1 fully saturated rings. The molecular formula is C20H32N4O3. The van der Waals surface area contributed by atoms with Gasteiger partial charge in [-0.15, -0.1) is 0 Å². The first-order valence-corrected chi connectivity index (χ1v) is 10.0. The van der Waals surface area contributed by atoms with Crippen molar-refractivity contribution >= 4 is 17.7 Å². The molecule has 1 unspecified atom stereocenters. The van der Waals surface area contributed by atoms with E-state index in [4.69, 9.17) is 0 Å². The van der Waals surface area contributed by atoms with Crippen LogP contribution in [-0.2, 0) is 6.54 Å². The topological polar surface area (TPSA) is 100 Å². The van der Waals surface area contributed by atoms with Gasteiger partial charge in [-0.3, -0.25) is 4.90 Å². The van der Waals surface area contributed by atoms with E-state index >= 15 is 0 Å². The minimum Gasteiger partial charge on any atom is -0.395 e. The van der Waals surface area contributed by atoms with Crippen LogP contribution >= 0.6 is 0 Å². The second-order valence-electron chi connectivity index (χ2n) is 7.53. The van der Waals surface area contributed by atoms with Gasteiger partial charge in [0.15, 0.2) is 0 Å². The minimum absolute atomic E-state index is 0.0352. The summed E-state index contributed by atoms with van der Waals surface area (Å²) in [6, 6.07) is 6.28. The van der Waals surface area contributed by atoms with E-state index in [2.05, 4.69) is 38.7 Å². The lowest BCUT2D eigenvalue weighted by atomic mass is 9.97. The predicted molar refractivity (Wildman–Crippen MR) is 107 cm³/mol. The molecule has 2 heterocycles. The van der Waals surface area contributed by atoms with Gasteiger partial charge in [-0.1, -0.05) is 18.9 Å². The molecule has 0 amide bonds. The van der Waals surface area contributed by atoms with Crippen LogP contribution in [0.1, 0.15) is 37.7 Å². The zero-order chi connectivity index (χ0) is 19.1. The Morgan fingerprint density at radius 1 is 1.15 bits per heavy atom. The van der Waals surface area contributed by atoms with Crippen molar-refractivity contribution in [3.8, 4) is 0 Å². The average molecular weight is 377 g/mol. The van der Waals surface area contributed by atoms with Crippen molar-refractivity contribution in [2.45, 2.75) is 56.9 Å². The number of aliphatic imine (C=N–C) groups is 1. The number of aliphatic hydroxyl groups is 3. The molecule has 1 saturated heterocycles. The highest BCUT2D eigenvalue weighted by Gasteiger charge is 2.32. The van der Waals surface area contributed by atoms with Gasteiger partial charge in [-0.25, -0.2) is 4.99 Å². The first kappa shape index (κ1) is 20.1. The molecule has 1 aromatic carbocycles. The molecule has 5 N–H and O–H groups in total. The van der Waals surface area contributed by atoms with Gasteiger partial charge in [0.05, 0.1) is 30.8 Å². The third kappa shape index (κ3) is 5.65. The van der Waals surface area contributed by atoms with Crippen LogP contribution in [0.3, 0.4) is 0 Å². The number of hydrogen-bond donors (Lipinski definition) is 5. The largest absolute Gasteiger partial charge is 0.395 e. The Labute approximate surface area is 161 Å². The van der Waals surface area contributed by atoms with Gasteiger partial charge in [0, 0.05) is 31.4 Å². The zero-order valence-corrected chi connectivity index (χ0v) is 15.8. The van der Waals surface area contributed by atoms with Crippen molar-refractivity contribution in [3.63, 3.8) is 0 Å². The van der Waals surface area contributed by atoms with E-state index < -0.39 is 12.2 Å². The summed E-state index contributed by atoms with van der Waals surface area (Å²) in [5.41, 5.74) is 3.37. The van der Waals surface area contributed by atoms with Crippen LogP contribution < -0.4 is 10.6 Å². The molecule has 0 aliphatic carbocycles.